The van der Waals surface area contributed by atoms with Crippen LogP contribution >= 0.6 is 0 Å². The van der Waals surface area contributed by atoms with Crippen molar-refractivity contribution in [3.8, 4) is 5.75 Å². The van der Waals surface area contributed by atoms with E-state index in [1.54, 1.807) is 26.0 Å². The van der Waals surface area contributed by atoms with Gasteiger partial charge in [0.05, 0.1) is 20.3 Å². The molecule has 1 aromatic carbocycles. The highest BCUT2D eigenvalue weighted by Crippen LogP contribution is 2.12. The number of hydrogen-bond acceptors (Lipinski definition) is 5. The molecule has 0 bridgehead atoms. The number of imide groups is 1. The monoisotopic (exact) mass is 280 g/mol. The molecular weight excluding hydrogens is 260 g/mol. The van der Waals surface area contributed by atoms with E-state index in [4.69, 9.17) is 4.74 Å². The average Bonchev–Trinajstić information content (AvgIpc) is 2.39. The Morgan fingerprint density at radius 1 is 1.25 bits per heavy atom. The average molecular weight is 280 g/mol. The Morgan fingerprint density at radius 2 is 1.90 bits per heavy atom. The topological polar surface area (TPSA) is 67.9 Å². The van der Waals surface area contributed by atoms with Crippen molar-refractivity contribution in [2.24, 2.45) is 0 Å². The molecule has 0 saturated heterocycles. The molecule has 0 aromatic heterocycles. The molecule has 0 aliphatic rings. The molecule has 0 radical (unpaired) electrons. The molecule has 110 valence electrons. The van der Waals surface area contributed by atoms with Crippen molar-refractivity contribution in [2.75, 3.05) is 27.3 Å². The first kappa shape index (κ1) is 16.0. The van der Waals surface area contributed by atoms with Crippen LogP contribution in [-0.4, -0.2) is 44.2 Å². The SMILES string of the molecule is CCOC(=O)NC(=O)CN(C)Cc1ccc(OC)cc1. The molecule has 0 heterocycles. The molecule has 0 aliphatic carbocycles. The second kappa shape index (κ2) is 8.16. The molecule has 6 heteroatoms. The fourth-order valence-corrected chi connectivity index (χ4v) is 1.66. The predicted molar refractivity (Wildman–Crippen MR) is 74.5 cm³/mol. The zero-order valence-electron chi connectivity index (χ0n) is 12.0. The Hall–Kier alpha value is -2.08. The van der Waals surface area contributed by atoms with Gasteiger partial charge in [-0.2, -0.15) is 0 Å². The van der Waals surface area contributed by atoms with E-state index >= 15 is 0 Å². The number of benzene rings is 1. The smallest absolute Gasteiger partial charge is 0.413 e. The van der Waals surface area contributed by atoms with Gasteiger partial charge < -0.3 is 9.47 Å². The number of amides is 2. The number of methoxy groups -OCH3 is 1. The minimum absolute atomic E-state index is 0.116. The summed E-state index contributed by atoms with van der Waals surface area (Å²) >= 11 is 0. The highest BCUT2D eigenvalue weighted by molar-refractivity contribution is 5.92. The third-order valence-electron chi connectivity index (χ3n) is 2.54. The molecule has 0 saturated carbocycles. The van der Waals surface area contributed by atoms with Gasteiger partial charge in [0.1, 0.15) is 5.75 Å². The summed E-state index contributed by atoms with van der Waals surface area (Å²) in [5.41, 5.74) is 1.05. The van der Waals surface area contributed by atoms with Crippen LogP contribution in [0.25, 0.3) is 0 Å². The van der Waals surface area contributed by atoms with E-state index in [-0.39, 0.29) is 19.1 Å². The molecule has 0 unspecified atom stereocenters. The Kier molecular flexibility index (Phi) is 6.52. The van der Waals surface area contributed by atoms with Gasteiger partial charge in [-0.25, -0.2) is 4.79 Å². The van der Waals surface area contributed by atoms with Crippen molar-refractivity contribution in [1.82, 2.24) is 10.2 Å². The molecule has 2 amide bonds. The van der Waals surface area contributed by atoms with Crippen molar-refractivity contribution in [3.63, 3.8) is 0 Å². The number of carbonyl (C=O) groups is 2. The van der Waals surface area contributed by atoms with E-state index in [2.05, 4.69) is 10.1 Å². The van der Waals surface area contributed by atoms with Gasteiger partial charge in [-0.05, 0) is 31.7 Å². The number of nitrogens with zero attached hydrogens (tertiary/aromatic N) is 1. The number of alkyl carbamates (subject to hydrolysis) is 1. The first-order valence-electron chi connectivity index (χ1n) is 6.33. The maximum atomic E-state index is 11.6. The lowest BCUT2D eigenvalue weighted by Crippen LogP contribution is -2.38. The second-order valence-corrected chi connectivity index (χ2v) is 4.29. The quantitative estimate of drug-likeness (QED) is 0.853. The van der Waals surface area contributed by atoms with Gasteiger partial charge in [-0.1, -0.05) is 12.1 Å². The van der Waals surface area contributed by atoms with Gasteiger partial charge in [0.2, 0.25) is 5.91 Å². The molecule has 0 spiro atoms. The summed E-state index contributed by atoms with van der Waals surface area (Å²) in [7, 11) is 3.41. The first-order valence-corrected chi connectivity index (χ1v) is 6.33. The van der Waals surface area contributed by atoms with Crippen LogP contribution in [-0.2, 0) is 16.1 Å². The lowest BCUT2D eigenvalue weighted by Gasteiger charge is -2.16. The van der Waals surface area contributed by atoms with Crippen molar-refractivity contribution < 1.29 is 19.1 Å². The van der Waals surface area contributed by atoms with Crippen LogP contribution < -0.4 is 10.1 Å². The number of hydrogen-bond donors (Lipinski definition) is 1. The summed E-state index contributed by atoms with van der Waals surface area (Å²) in [4.78, 5) is 24.4. The summed E-state index contributed by atoms with van der Waals surface area (Å²) in [5, 5.41) is 2.15. The van der Waals surface area contributed by atoms with Gasteiger partial charge in [-0.3, -0.25) is 15.0 Å². The number of carbonyl (C=O) groups excluding carboxylic acids is 2. The first-order chi connectivity index (χ1) is 9.55. The van der Waals surface area contributed by atoms with E-state index in [0.717, 1.165) is 11.3 Å². The van der Waals surface area contributed by atoms with Crippen LogP contribution in [0, 0.1) is 0 Å². The minimum Gasteiger partial charge on any atom is -0.497 e. The Labute approximate surface area is 118 Å². The van der Waals surface area contributed by atoms with E-state index in [1.807, 2.05) is 24.3 Å². The Morgan fingerprint density at radius 3 is 2.45 bits per heavy atom. The maximum Gasteiger partial charge on any atom is 0.413 e. The van der Waals surface area contributed by atoms with Crippen molar-refractivity contribution in [3.05, 3.63) is 29.8 Å². The standard InChI is InChI=1S/C14H20N2O4/c1-4-20-14(18)15-13(17)10-16(2)9-11-5-7-12(19-3)8-6-11/h5-8H,4,9-10H2,1-3H3,(H,15,17,18). The molecule has 0 fully saturated rings. The molecular formula is C14H20N2O4. The number of ether oxygens (including phenoxy) is 2. The summed E-state index contributed by atoms with van der Waals surface area (Å²) in [6.07, 6.45) is -0.713. The zero-order chi connectivity index (χ0) is 15.0. The Bertz CT molecular complexity index is 445. The van der Waals surface area contributed by atoms with Crippen molar-refractivity contribution in [1.29, 1.82) is 0 Å². The van der Waals surface area contributed by atoms with E-state index < -0.39 is 6.09 Å². The normalized spacial score (nSPS) is 10.2. The highest BCUT2D eigenvalue weighted by Gasteiger charge is 2.11. The van der Waals surface area contributed by atoms with Gasteiger partial charge in [0, 0.05) is 6.54 Å². The van der Waals surface area contributed by atoms with Crippen LogP contribution in [0.5, 0.6) is 5.75 Å². The van der Waals surface area contributed by atoms with Gasteiger partial charge >= 0.3 is 6.09 Å². The van der Waals surface area contributed by atoms with Crippen LogP contribution in [0.4, 0.5) is 4.79 Å². The maximum absolute atomic E-state index is 11.6. The van der Waals surface area contributed by atoms with Crippen LogP contribution in [0.1, 0.15) is 12.5 Å². The molecule has 0 atom stereocenters. The third-order valence-corrected chi connectivity index (χ3v) is 2.54. The Balaban J connectivity index is 2.40. The van der Waals surface area contributed by atoms with Crippen LogP contribution in [0.3, 0.4) is 0 Å². The van der Waals surface area contributed by atoms with Crippen LogP contribution in [0.15, 0.2) is 24.3 Å². The fraction of sp³-hybridized carbons (Fsp3) is 0.429. The van der Waals surface area contributed by atoms with E-state index in [0.29, 0.717) is 6.54 Å². The number of nitrogens with one attached hydrogen (secondary N) is 1. The highest BCUT2D eigenvalue weighted by atomic mass is 16.5. The van der Waals surface area contributed by atoms with E-state index in [1.165, 1.54) is 0 Å². The van der Waals surface area contributed by atoms with E-state index in [9.17, 15) is 9.59 Å². The van der Waals surface area contributed by atoms with Crippen LogP contribution in [0.2, 0.25) is 0 Å². The third kappa shape index (κ3) is 5.71. The second-order valence-electron chi connectivity index (χ2n) is 4.29. The summed E-state index contributed by atoms with van der Waals surface area (Å²) in [6, 6.07) is 7.58. The largest absolute Gasteiger partial charge is 0.497 e. The van der Waals surface area contributed by atoms with Gasteiger partial charge in [-0.15, -0.1) is 0 Å². The van der Waals surface area contributed by atoms with Gasteiger partial charge in [0.25, 0.3) is 0 Å². The van der Waals surface area contributed by atoms with Crippen molar-refractivity contribution >= 4 is 12.0 Å². The summed E-state index contributed by atoms with van der Waals surface area (Å²) < 4.78 is 9.71. The summed E-state index contributed by atoms with van der Waals surface area (Å²) in [6.45, 7) is 2.63. The van der Waals surface area contributed by atoms with Crippen molar-refractivity contribution in [2.45, 2.75) is 13.5 Å². The number of likely N-dealkylation sites (N-methyl/N-ethyl adjacent to an activating group) is 1. The fourth-order valence-electron chi connectivity index (χ4n) is 1.66. The molecule has 1 aromatic rings. The minimum atomic E-state index is -0.713. The lowest BCUT2D eigenvalue weighted by atomic mass is 10.2. The molecule has 1 rings (SSSR count). The summed E-state index contributed by atoms with van der Waals surface area (Å²) in [5.74, 6) is 0.399. The molecule has 6 nitrogen and oxygen atoms in total. The zero-order valence-corrected chi connectivity index (χ0v) is 12.0. The number of rotatable bonds is 6. The molecule has 0 aliphatic heterocycles. The molecule has 1 N–H and O–H groups in total. The lowest BCUT2D eigenvalue weighted by molar-refractivity contribution is -0.121. The van der Waals surface area contributed by atoms with Gasteiger partial charge in [0.15, 0.2) is 0 Å². The predicted octanol–water partition coefficient (Wildman–Crippen LogP) is 1.40. The molecule has 20 heavy (non-hydrogen) atoms.